The molecule has 6 heteroatoms. The van der Waals surface area contributed by atoms with Crippen LogP contribution in [0.2, 0.25) is 0 Å². The molecule has 2 rings (SSSR count). The highest BCUT2D eigenvalue weighted by atomic mass is 16.4. The van der Waals surface area contributed by atoms with Gasteiger partial charge in [0.2, 0.25) is 0 Å². The molecule has 1 N–H and O–H groups in total. The maximum absolute atomic E-state index is 11.3. The fourth-order valence-electron chi connectivity index (χ4n) is 2.17. The van der Waals surface area contributed by atoms with Gasteiger partial charge in [0.25, 0.3) is 0 Å². The van der Waals surface area contributed by atoms with Gasteiger partial charge >= 0.3 is 5.97 Å². The Morgan fingerprint density at radius 2 is 2.22 bits per heavy atom. The third-order valence-electron chi connectivity index (χ3n) is 3.08. The van der Waals surface area contributed by atoms with E-state index in [-0.39, 0.29) is 5.69 Å². The van der Waals surface area contributed by atoms with E-state index in [0.29, 0.717) is 18.8 Å². The van der Waals surface area contributed by atoms with Crippen LogP contribution < -0.4 is 4.90 Å². The van der Waals surface area contributed by atoms with Gasteiger partial charge in [0.15, 0.2) is 5.69 Å². The lowest BCUT2D eigenvalue weighted by Crippen LogP contribution is -2.41. The monoisotopic (exact) mass is 246 g/mol. The van der Waals surface area contributed by atoms with E-state index >= 15 is 0 Å². The van der Waals surface area contributed by atoms with Crippen molar-refractivity contribution >= 4 is 11.8 Å². The summed E-state index contributed by atoms with van der Waals surface area (Å²) in [5.74, 6) is -0.300. The Balaban J connectivity index is 2.26. The van der Waals surface area contributed by atoms with Gasteiger partial charge in [-0.2, -0.15) is 5.26 Å². The number of rotatable bonds is 2. The van der Waals surface area contributed by atoms with Gasteiger partial charge in [0, 0.05) is 6.54 Å². The molecular formula is C12H14N4O2. The highest BCUT2D eigenvalue weighted by Gasteiger charge is 2.28. The molecule has 1 unspecified atom stereocenters. The van der Waals surface area contributed by atoms with Crippen LogP contribution in [0.3, 0.4) is 0 Å². The highest BCUT2D eigenvalue weighted by Crippen LogP contribution is 2.22. The molecule has 1 atom stereocenters. The van der Waals surface area contributed by atoms with E-state index in [2.05, 4.69) is 9.97 Å². The fraction of sp³-hybridized carbons (Fsp3) is 0.500. The third kappa shape index (κ3) is 2.56. The second-order valence-electron chi connectivity index (χ2n) is 4.27. The Labute approximate surface area is 105 Å². The van der Waals surface area contributed by atoms with Gasteiger partial charge in [-0.1, -0.05) is 12.8 Å². The summed E-state index contributed by atoms with van der Waals surface area (Å²) < 4.78 is 0. The molecule has 18 heavy (non-hydrogen) atoms. The summed E-state index contributed by atoms with van der Waals surface area (Å²) in [5.41, 5.74) is 0.237. The molecular weight excluding hydrogens is 232 g/mol. The molecule has 0 amide bonds. The van der Waals surface area contributed by atoms with Gasteiger partial charge < -0.3 is 10.0 Å². The first-order chi connectivity index (χ1) is 8.72. The van der Waals surface area contributed by atoms with Gasteiger partial charge in [-0.05, 0) is 12.8 Å². The van der Waals surface area contributed by atoms with Crippen molar-refractivity contribution in [3.8, 4) is 6.07 Å². The predicted molar refractivity (Wildman–Crippen MR) is 64.0 cm³/mol. The molecule has 6 nitrogen and oxygen atoms in total. The quantitative estimate of drug-likeness (QED) is 0.842. The molecule has 1 saturated heterocycles. The van der Waals surface area contributed by atoms with Gasteiger partial charge in [0.05, 0.1) is 12.4 Å². The lowest BCUT2D eigenvalue weighted by molar-refractivity contribution is -0.138. The second kappa shape index (κ2) is 5.45. The first-order valence-electron chi connectivity index (χ1n) is 5.94. The van der Waals surface area contributed by atoms with E-state index in [4.69, 9.17) is 5.26 Å². The van der Waals surface area contributed by atoms with E-state index in [9.17, 15) is 9.90 Å². The van der Waals surface area contributed by atoms with Crippen molar-refractivity contribution < 1.29 is 9.90 Å². The van der Waals surface area contributed by atoms with Crippen LogP contribution >= 0.6 is 0 Å². The number of anilines is 1. The van der Waals surface area contributed by atoms with E-state index in [1.807, 2.05) is 6.07 Å². The van der Waals surface area contributed by atoms with E-state index in [1.165, 1.54) is 12.4 Å². The Morgan fingerprint density at radius 3 is 2.83 bits per heavy atom. The number of nitrogens with zero attached hydrogens (tertiary/aromatic N) is 4. The van der Waals surface area contributed by atoms with Crippen LogP contribution in [0.1, 0.15) is 31.4 Å². The predicted octanol–water partition coefficient (Wildman–Crippen LogP) is 1.18. The summed E-state index contributed by atoms with van der Waals surface area (Å²) >= 11 is 0. The van der Waals surface area contributed by atoms with Crippen LogP contribution in [0.25, 0.3) is 0 Å². The Morgan fingerprint density at radius 1 is 1.39 bits per heavy atom. The number of aliphatic carboxylic acids is 1. The molecule has 0 saturated carbocycles. The second-order valence-corrected chi connectivity index (χ2v) is 4.27. The maximum atomic E-state index is 11.3. The van der Waals surface area contributed by atoms with Crippen molar-refractivity contribution in [1.82, 2.24) is 9.97 Å². The average Bonchev–Trinajstić information content (AvgIpc) is 2.64. The number of aromatic nitrogens is 2. The van der Waals surface area contributed by atoms with Crippen LogP contribution in [0.15, 0.2) is 12.4 Å². The number of carboxylic acid groups (broad SMARTS) is 1. The number of hydrogen-bond acceptors (Lipinski definition) is 5. The standard InChI is InChI=1S/C12H14N4O2/c13-6-9-7-15-11(8-14-9)16-5-3-1-2-4-10(16)12(17)18/h7-8,10H,1-5H2,(H,17,18). The summed E-state index contributed by atoms with van der Waals surface area (Å²) in [6, 6.07) is 1.35. The van der Waals surface area contributed by atoms with Crippen LogP contribution in [-0.4, -0.2) is 33.6 Å². The summed E-state index contributed by atoms with van der Waals surface area (Å²) in [7, 11) is 0. The molecule has 1 aliphatic rings. The van der Waals surface area contributed by atoms with E-state index < -0.39 is 12.0 Å². The Bertz CT molecular complexity index is 466. The summed E-state index contributed by atoms with van der Waals surface area (Å²) in [6.07, 6.45) is 6.36. The van der Waals surface area contributed by atoms with Gasteiger partial charge in [-0.25, -0.2) is 14.8 Å². The minimum atomic E-state index is -0.831. The number of hydrogen-bond donors (Lipinski definition) is 1. The maximum Gasteiger partial charge on any atom is 0.326 e. The Hall–Kier alpha value is -2.16. The zero-order chi connectivity index (χ0) is 13.0. The average molecular weight is 246 g/mol. The summed E-state index contributed by atoms with van der Waals surface area (Å²) in [5, 5.41) is 17.9. The molecule has 94 valence electrons. The number of nitriles is 1. The summed E-state index contributed by atoms with van der Waals surface area (Å²) in [4.78, 5) is 21.1. The van der Waals surface area contributed by atoms with Gasteiger partial charge in [-0.15, -0.1) is 0 Å². The normalized spacial score (nSPS) is 19.9. The molecule has 1 aromatic heterocycles. The van der Waals surface area contributed by atoms with Gasteiger partial charge in [-0.3, -0.25) is 0 Å². The molecule has 0 spiro atoms. The van der Waals surface area contributed by atoms with Crippen molar-refractivity contribution in [2.45, 2.75) is 31.7 Å². The van der Waals surface area contributed by atoms with Gasteiger partial charge in [0.1, 0.15) is 17.9 Å². The number of carboxylic acids is 1. The molecule has 1 fully saturated rings. The molecule has 0 aliphatic carbocycles. The third-order valence-corrected chi connectivity index (χ3v) is 3.08. The first kappa shape index (κ1) is 12.3. The molecule has 1 aromatic rings. The van der Waals surface area contributed by atoms with Crippen LogP contribution in [0.4, 0.5) is 5.82 Å². The van der Waals surface area contributed by atoms with Crippen molar-refractivity contribution in [3.05, 3.63) is 18.1 Å². The zero-order valence-electron chi connectivity index (χ0n) is 9.91. The van der Waals surface area contributed by atoms with E-state index in [0.717, 1.165) is 19.3 Å². The van der Waals surface area contributed by atoms with Crippen molar-refractivity contribution in [2.24, 2.45) is 0 Å². The molecule has 2 heterocycles. The van der Waals surface area contributed by atoms with E-state index in [1.54, 1.807) is 4.90 Å². The minimum absolute atomic E-state index is 0.237. The topological polar surface area (TPSA) is 90.1 Å². The van der Waals surface area contributed by atoms with Crippen LogP contribution in [0, 0.1) is 11.3 Å². The SMILES string of the molecule is N#Cc1cnc(N2CCCCCC2C(=O)O)cn1. The fourth-order valence-corrected chi connectivity index (χ4v) is 2.17. The largest absolute Gasteiger partial charge is 0.480 e. The lowest BCUT2D eigenvalue weighted by Gasteiger charge is -2.27. The molecule has 0 bridgehead atoms. The minimum Gasteiger partial charge on any atom is -0.480 e. The summed E-state index contributed by atoms with van der Waals surface area (Å²) in [6.45, 7) is 0.664. The van der Waals surface area contributed by atoms with Crippen LogP contribution in [-0.2, 0) is 4.79 Å². The lowest BCUT2D eigenvalue weighted by atomic mass is 10.1. The first-order valence-corrected chi connectivity index (χ1v) is 5.94. The number of carbonyl (C=O) groups is 1. The zero-order valence-corrected chi connectivity index (χ0v) is 9.91. The smallest absolute Gasteiger partial charge is 0.326 e. The van der Waals surface area contributed by atoms with Crippen molar-refractivity contribution in [1.29, 1.82) is 5.26 Å². The van der Waals surface area contributed by atoms with Crippen LogP contribution in [0.5, 0.6) is 0 Å². The Kier molecular flexibility index (Phi) is 3.72. The van der Waals surface area contributed by atoms with Crippen molar-refractivity contribution in [3.63, 3.8) is 0 Å². The molecule has 1 aliphatic heterocycles. The molecule has 0 radical (unpaired) electrons. The highest BCUT2D eigenvalue weighted by molar-refractivity contribution is 5.77. The molecule has 0 aromatic carbocycles. The van der Waals surface area contributed by atoms with Crippen molar-refractivity contribution in [2.75, 3.05) is 11.4 Å².